The Bertz CT molecular complexity index is 340. The molecule has 0 aliphatic heterocycles. The first kappa shape index (κ1) is 12.8. The van der Waals surface area contributed by atoms with E-state index in [9.17, 15) is 0 Å². The predicted octanol–water partition coefficient (Wildman–Crippen LogP) is 3.12. The minimum absolute atomic E-state index is 0.771. The Morgan fingerprint density at radius 3 is 2.50 bits per heavy atom. The Balaban J connectivity index is 2.41. The molecule has 0 saturated heterocycles. The van der Waals surface area contributed by atoms with Crippen molar-refractivity contribution in [2.75, 3.05) is 6.54 Å². The zero-order chi connectivity index (χ0) is 11.6. The number of benzene rings is 1. The van der Waals surface area contributed by atoms with E-state index in [0.717, 1.165) is 37.8 Å². The van der Waals surface area contributed by atoms with Gasteiger partial charge in [0, 0.05) is 12.0 Å². The Kier molecular flexibility index (Phi) is 6.37. The van der Waals surface area contributed by atoms with E-state index in [1.54, 1.807) is 0 Å². The van der Waals surface area contributed by atoms with Gasteiger partial charge in [0.15, 0.2) is 0 Å². The van der Waals surface area contributed by atoms with Crippen LogP contribution in [0.5, 0.6) is 0 Å². The summed E-state index contributed by atoms with van der Waals surface area (Å²) in [5, 5.41) is 0. The molecule has 16 heavy (non-hydrogen) atoms. The highest BCUT2D eigenvalue weighted by Gasteiger charge is 1.90. The first-order chi connectivity index (χ1) is 7.86. The maximum atomic E-state index is 5.42. The number of rotatable bonds is 5. The maximum Gasteiger partial charge on any atom is 0.0245 e. The van der Waals surface area contributed by atoms with Gasteiger partial charge in [-0.25, -0.2) is 0 Å². The van der Waals surface area contributed by atoms with Crippen molar-refractivity contribution in [3.63, 3.8) is 0 Å². The molecule has 0 bridgehead atoms. The highest BCUT2D eigenvalue weighted by atomic mass is 14.5. The average molecular weight is 215 g/mol. The van der Waals surface area contributed by atoms with Gasteiger partial charge in [0.25, 0.3) is 0 Å². The molecule has 0 aliphatic rings. The molecule has 0 heterocycles. The van der Waals surface area contributed by atoms with E-state index in [2.05, 4.69) is 43.0 Å². The molecule has 1 nitrogen and oxygen atoms in total. The monoisotopic (exact) mass is 215 g/mol. The van der Waals surface area contributed by atoms with Gasteiger partial charge in [0.1, 0.15) is 0 Å². The van der Waals surface area contributed by atoms with Crippen molar-refractivity contribution in [3.05, 3.63) is 35.4 Å². The van der Waals surface area contributed by atoms with Gasteiger partial charge in [-0.05, 0) is 43.5 Å². The van der Waals surface area contributed by atoms with Crippen LogP contribution in [0.1, 0.15) is 43.7 Å². The van der Waals surface area contributed by atoms with Crippen molar-refractivity contribution in [2.24, 2.45) is 5.73 Å². The fourth-order valence-electron chi connectivity index (χ4n) is 1.57. The second-order valence-corrected chi connectivity index (χ2v) is 3.99. The molecule has 0 atom stereocenters. The Labute approximate surface area is 99.1 Å². The van der Waals surface area contributed by atoms with Crippen LogP contribution in [0.15, 0.2) is 24.3 Å². The van der Waals surface area contributed by atoms with Crippen LogP contribution in [0.25, 0.3) is 0 Å². The molecule has 1 aromatic carbocycles. The van der Waals surface area contributed by atoms with E-state index in [4.69, 9.17) is 5.73 Å². The van der Waals surface area contributed by atoms with Crippen molar-refractivity contribution in [2.45, 2.75) is 39.0 Å². The van der Waals surface area contributed by atoms with Crippen LogP contribution < -0.4 is 5.73 Å². The first-order valence-electron chi connectivity index (χ1n) is 6.14. The molecule has 1 rings (SSSR count). The minimum atomic E-state index is 0.771. The van der Waals surface area contributed by atoms with E-state index in [-0.39, 0.29) is 0 Å². The van der Waals surface area contributed by atoms with Crippen LogP contribution >= 0.6 is 0 Å². The van der Waals surface area contributed by atoms with Crippen LogP contribution in [0, 0.1) is 11.8 Å². The Hall–Kier alpha value is -1.26. The number of aryl methyl sites for hydroxylation is 1. The lowest BCUT2D eigenvalue weighted by Crippen LogP contribution is -1.96. The molecule has 0 radical (unpaired) electrons. The molecule has 86 valence electrons. The smallest absolute Gasteiger partial charge is 0.0245 e. The zero-order valence-corrected chi connectivity index (χ0v) is 10.1. The number of hydrogen-bond acceptors (Lipinski definition) is 1. The number of nitrogens with two attached hydrogens (primary N) is 1. The molecule has 0 fully saturated rings. The summed E-state index contributed by atoms with van der Waals surface area (Å²) in [5.74, 6) is 6.36. The molecule has 0 unspecified atom stereocenters. The Morgan fingerprint density at radius 1 is 1.12 bits per heavy atom. The summed E-state index contributed by atoms with van der Waals surface area (Å²) in [4.78, 5) is 0. The van der Waals surface area contributed by atoms with Crippen LogP contribution in [-0.2, 0) is 6.42 Å². The molecule has 0 aliphatic carbocycles. The first-order valence-corrected chi connectivity index (χ1v) is 6.14. The molecule has 1 heteroatoms. The van der Waals surface area contributed by atoms with Gasteiger partial charge in [-0.1, -0.05) is 37.3 Å². The third-order valence-electron chi connectivity index (χ3n) is 2.48. The quantitative estimate of drug-likeness (QED) is 0.592. The predicted molar refractivity (Wildman–Crippen MR) is 70.2 cm³/mol. The van der Waals surface area contributed by atoms with Crippen molar-refractivity contribution in [1.29, 1.82) is 0 Å². The molecule has 2 N–H and O–H groups in total. The summed E-state index contributed by atoms with van der Waals surface area (Å²) in [6.07, 6.45) is 5.49. The van der Waals surface area contributed by atoms with Gasteiger partial charge in [0.2, 0.25) is 0 Å². The molecular formula is C15H21N. The van der Waals surface area contributed by atoms with Crippen LogP contribution in [0.2, 0.25) is 0 Å². The topological polar surface area (TPSA) is 26.0 Å². The standard InChI is InChI=1S/C15H21N/c1-2-7-14-9-11-15(12-10-14)8-5-3-4-6-13-16/h9-12H,2-4,6-7,13,16H2,1H3. The second-order valence-electron chi connectivity index (χ2n) is 3.99. The highest BCUT2D eigenvalue weighted by molar-refractivity contribution is 5.36. The molecule has 0 saturated carbocycles. The molecule has 0 amide bonds. The summed E-state index contributed by atoms with van der Waals surface area (Å²) >= 11 is 0. The lowest BCUT2D eigenvalue weighted by Gasteiger charge is -1.97. The number of hydrogen-bond donors (Lipinski definition) is 1. The lowest BCUT2D eigenvalue weighted by atomic mass is 10.1. The maximum absolute atomic E-state index is 5.42. The minimum Gasteiger partial charge on any atom is -0.330 e. The average Bonchev–Trinajstić information content (AvgIpc) is 2.31. The normalized spacial score (nSPS) is 9.62. The van der Waals surface area contributed by atoms with Gasteiger partial charge in [-0.2, -0.15) is 0 Å². The zero-order valence-electron chi connectivity index (χ0n) is 10.1. The van der Waals surface area contributed by atoms with E-state index < -0.39 is 0 Å². The molecule has 0 spiro atoms. The van der Waals surface area contributed by atoms with Gasteiger partial charge in [0.05, 0.1) is 0 Å². The summed E-state index contributed by atoms with van der Waals surface area (Å²) in [6, 6.07) is 8.57. The van der Waals surface area contributed by atoms with Crippen molar-refractivity contribution in [1.82, 2.24) is 0 Å². The third-order valence-corrected chi connectivity index (χ3v) is 2.48. The van der Waals surface area contributed by atoms with Crippen LogP contribution in [0.4, 0.5) is 0 Å². The van der Waals surface area contributed by atoms with Gasteiger partial charge >= 0.3 is 0 Å². The van der Waals surface area contributed by atoms with Crippen molar-refractivity contribution in [3.8, 4) is 11.8 Å². The molecule has 1 aromatic rings. The van der Waals surface area contributed by atoms with Gasteiger partial charge < -0.3 is 5.73 Å². The SMILES string of the molecule is CCCc1ccc(C#CCCCCN)cc1. The van der Waals surface area contributed by atoms with Crippen molar-refractivity contribution < 1.29 is 0 Å². The fourth-order valence-corrected chi connectivity index (χ4v) is 1.57. The van der Waals surface area contributed by atoms with Crippen LogP contribution in [-0.4, -0.2) is 6.54 Å². The van der Waals surface area contributed by atoms with Gasteiger partial charge in [-0.3, -0.25) is 0 Å². The molecule has 0 aromatic heterocycles. The summed E-state index contributed by atoms with van der Waals surface area (Å²) < 4.78 is 0. The van der Waals surface area contributed by atoms with E-state index in [1.807, 2.05) is 0 Å². The fraction of sp³-hybridized carbons (Fsp3) is 0.467. The van der Waals surface area contributed by atoms with E-state index in [1.165, 1.54) is 12.0 Å². The number of unbranched alkanes of at least 4 members (excludes halogenated alkanes) is 2. The molecular weight excluding hydrogens is 194 g/mol. The highest BCUT2D eigenvalue weighted by Crippen LogP contribution is 2.05. The summed E-state index contributed by atoms with van der Waals surface area (Å²) in [7, 11) is 0. The summed E-state index contributed by atoms with van der Waals surface area (Å²) in [6.45, 7) is 2.97. The Morgan fingerprint density at radius 2 is 1.88 bits per heavy atom. The second kappa shape index (κ2) is 7.96. The van der Waals surface area contributed by atoms with Gasteiger partial charge in [-0.15, -0.1) is 0 Å². The van der Waals surface area contributed by atoms with Crippen molar-refractivity contribution >= 4 is 0 Å². The summed E-state index contributed by atoms with van der Waals surface area (Å²) in [5.41, 5.74) is 7.94. The lowest BCUT2D eigenvalue weighted by molar-refractivity contribution is 0.768. The largest absolute Gasteiger partial charge is 0.330 e. The van der Waals surface area contributed by atoms with E-state index in [0.29, 0.717) is 0 Å². The van der Waals surface area contributed by atoms with E-state index >= 15 is 0 Å². The third kappa shape index (κ3) is 5.00. The van der Waals surface area contributed by atoms with Crippen LogP contribution in [0.3, 0.4) is 0 Å².